The fourth-order valence-electron chi connectivity index (χ4n) is 5.16. The molecule has 0 saturated carbocycles. The Morgan fingerprint density at radius 2 is 1.76 bits per heavy atom. The number of ether oxygens (including phenoxy) is 2. The van der Waals surface area contributed by atoms with Gasteiger partial charge in [0.15, 0.2) is 5.65 Å². The number of halogens is 3. The summed E-state index contributed by atoms with van der Waals surface area (Å²) in [7, 11) is -1.33. The first kappa shape index (κ1) is 35.3. The molecule has 46 heavy (non-hydrogen) atoms. The van der Waals surface area contributed by atoms with Gasteiger partial charge in [0.1, 0.15) is 21.5 Å². The highest BCUT2D eigenvalue weighted by Gasteiger charge is 2.42. The summed E-state index contributed by atoms with van der Waals surface area (Å²) >= 11 is 3.53. The Labute approximate surface area is 272 Å². The predicted molar refractivity (Wildman–Crippen MR) is 167 cm³/mol. The summed E-state index contributed by atoms with van der Waals surface area (Å²) in [6.07, 6.45) is 3.48. The van der Waals surface area contributed by atoms with Crippen molar-refractivity contribution in [1.82, 2.24) is 28.9 Å². The Bertz CT molecular complexity index is 1680. The molecule has 0 amide bonds. The number of aryl methyl sites for hydroxylation is 3. The van der Waals surface area contributed by atoms with Crippen LogP contribution in [-0.4, -0.2) is 75.8 Å². The zero-order valence-corrected chi connectivity index (χ0v) is 27.2. The molecule has 4 aromatic heterocycles. The molecule has 1 N–H and O–H groups in total. The fraction of sp³-hybridized carbons (Fsp3) is 0.433. The lowest BCUT2D eigenvalue weighted by atomic mass is 9.93. The van der Waals surface area contributed by atoms with E-state index in [-0.39, 0.29) is 18.5 Å². The highest BCUT2D eigenvalue weighted by molar-refractivity contribution is 7.82. The molecule has 6 rings (SSSR count). The average molecular weight is 681 g/mol. The van der Waals surface area contributed by atoms with Gasteiger partial charge in [0.25, 0.3) is 0 Å². The Hall–Kier alpha value is -3.60. The lowest BCUT2D eigenvalue weighted by molar-refractivity contribution is -0.145. The normalized spacial score (nSPS) is 17.5. The van der Waals surface area contributed by atoms with E-state index in [0.717, 1.165) is 28.5 Å². The minimum absolute atomic E-state index is 0.0860. The van der Waals surface area contributed by atoms with Crippen molar-refractivity contribution in [3.05, 3.63) is 77.1 Å². The van der Waals surface area contributed by atoms with Crippen molar-refractivity contribution in [2.75, 3.05) is 26.0 Å². The van der Waals surface area contributed by atoms with E-state index in [0.29, 0.717) is 48.2 Å². The zero-order chi connectivity index (χ0) is 33.5. The molecule has 0 aliphatic carbocycles. The van der Waals surface area contributed by atoms with Gasteiger partial charge in [0, 0.05) is 50.1 Å². The van der Waals surface area contributed by atoms with Crippen LogP contribution in [0.5, 0.6) is 5.88 Å². The summed E-state index contributed by atoms with van der Waals surface area (Å²) < 4.78 is 65.8. The van der Waals surface area contributed by atoms with Gasteiger partial charge in [-0.3, -0.25) is 14.2 Å². The van der Waals surface area contributed by atoms with E-state index < -0.39 is 34.6 Å². The van der Waals surface area contributed by atoms with E-state index >= 15 is 0 Å². The minimum Gasteiger partial charge on any atom is -0.481 e. The summed E-state index contributed by atoms with van der Waals surface area (Å²) in [5, 5.41) is 15.3. The standard InChI is InChI=1S/C18H21N3O3S.C11H10F3N3O2.CH4S/c1-14-15(4-2-8-19-14)12-21-13-18(6-10-23-11-7-18)24-17-16(25(21)22)5-3-9-20-17;1-6-7(2-3-8(18)19)4-5-17-9(6)15-16-10(17)11(12,13)14;1-2/h2-5,8-9H,6-7,10-13H2,1H3;4-5H,2-3H2,1H3,(H,18,19);2H,1H3. The summed E-state index contributed by atoms with van der Waals surface area (Å²) in [4.78, 5) is 19.8. The molecule has 2 aliphatic heterocycles. The van der Waals surface area contributed by atoms with Gasteiger partial charge in [-0.15, -0.1) is 10.2 Å². The number of aliphatic carboxylic acids is 1. The second-order valence-corrected chi connectivity index (χ2v) is 12.0. The molecule has 0 bridgehead atoms. The van der Waals surface area contributed by atoms with Gasteiger partial charge in [0.2, 0.25) is 11.7 Å². The van der Waals surface area contributed by atoms with Gasteiger partial charge < -0.3 is 14.6 Å². The Morgan fingerprint density at radius 3 is 2.43 bits per heavy atom. The van der Waals surface area contributed by atoms with Crippen molar-refractivity contribution in [2.45, 2.75) is 62.7 Å². The van der Waals surface area contributed by atoms with Gasteiger partial charge in [0.05, 0.1) is 19.8 Å². The van der Waals surface area contributed by atoms with Gasteiger partial charge in [-0.2, -0.15) is 25.8 Å². The monoisotopic (exact) mass is 680 g/mol. The Kier molecular flexibility index (Phi) is 11.7. The first-order valence-corrected chi connectivity index (χ1v) is 16.3. The molecule has 1 saturated heterocycles. The molecule has 4 aromatic rings. The minimum atomic E-state index is -4.57. The van der Waals surface area contributed by atoms with Crippen LogP contribution in [0.1, 0.15) is 47.5 Å². The number of pyridine rings is 3. The number of hydrogen-bond acceptors (Lipinski definition) is 9. The van der Waals surface area contributed by atoms with Crippen LogP contribution in [0.2, 0.25) is 0 Å². The van der Waals surface area contributed by atoms with E-state index in [1.807, 2.05) is 29.4 Å². The van der Waals surface area contributed by atoms with E-state index in [9.17, 15) is 22.2 Å². The highest BCUT2D eigenvalue weighted by atomic mass is 32.2. The average Bonchev–Trinajstić information content (AvgIpc) is 3.45. The largest absolute Gasteiger partial charge is 0.481 e. The molecule has 6 heterocycles. The first-order valence-electron chi connectivity index (χ1n) is 14.3. The number of rotatable bonds is 5. The number of fused-ring (bicyclic) bond motifs is 2. The molecule has 248 valence electrons. The third kappa shape index (κ3) is 8.21. The molecule has 1 atom stereocenters. The topological polar surface area (TPSA) is 132 Å². The summed E-state index contributed by atoms with van der Waals surface area (Å²) in [6, 6.07) is 9.05. The van der Waals surface area contributed by atoms with E-state index in [1.165, 1.54) is 12.3 Å². The first-order chi connectivity index (χ1) is 22.0. The third-order valence-electron chi connectivity index (χ3n) is 7.60. The number of carbonyl (C=O) groups is 1. The number of alkyl halides is 3. The van der Waals surface area contributed by atoms with Crippen molar-refractivity contribution in [3.8, 4) is 5.88 Å². The summed E-state index contributed by atoms with van der Waals surface area (Å²) in [5.74, 6) is -1.57. The lowest BCUT2D eigenvalue weighted by Crippen LogP contribution is -2.49. The molecule has 0 radical (unpaired) electrons. The Morgan fingerprint density at radius 1 is 1.07 bits per heavy atom. The SMILES string of the molecule is CS.Cc1c(CCC(=O)O)ccn2c(C(F)(F)F)nnc12.Cc1ncccc1CN1CC2(CCOCC2)Oc2ncccc2S1=O. The zero-order valence-electron chi connectivity index (χ0n) is 25.5. The van der Waals surface area contributed by atoms with Crippen LogP contribution in [0.25, 0.3) is 5.65 Å². The van der Waals surface area contributed by atoms with Crippen molar-refractivity contribution in [3.63, 3.8) is 0 Å². The smallest absolute Gasteiger partial charge is 0.452 e. The number of hydrogen-bond donors (Lipinski definition) is 2. The third-order valence-corrected chi connectivity index (χ3v) is 9.02. The highest BCUT2D eigenvalue weighted by Crippen LogP contribution is 2.36. The lowest BCUT2D eigenvalue weighted by Gasteiger charge is -2.38. The molecule has 11 nitrogen and oxygen atoms in total. The van der Waals surface area contributed by atoms with Crippen molar-refractivity contribution >= 4 is 35.2 Å². The van der Waals surface area contributed by atoms with Crippen LogP contribution in [0.3, 0.4) is 0 Å². The number of carboxylic acid groups (broad SMARTS) is 1. The van der Waals surface area contributed by atoms with E-state index in [1.54, 1.807) is 31.6 Å². The van der Waals surface area contributed by atoms with Gasteiger partial charge in [-0.1, -0.05) is 6.07 Å². The number of carboxylic acids is 1. The number of aromatic nitrogens is 5. The maximum atomic E-state index is 13.2. The predicted octanol–water partition coefficient (Wildman–Crippen LogP) is 4.87. The Balaban J connectivity index is 0.000000205. The van der Waals surface area contributed by atoms with Gasteiger partial charge in [-0.25, -0.2) is 13.5 Å². The summed E-state index contributed by atoms with van der Waals surface area (Å²) in [6.45, 7) is 6.01. The van der Waals surface area contributed by atoms with E-state index in [4.69, 9.17) is 14.6 Å². The van der Waals surface area contributed by atoms with Crippen molar-refractivity contribution in [2.24, 2.45) is 0 Å². The van der Waals surface area contributed by atoms with Crippen molar-refractivity contribution in [1.29, 1.82) is 0 Å². The van der Waals surface area contributed by atoms with E-state index in [2.05, 4.69) is 32.8 Å². The number of nitrogens with zero attached hydrogens (tertiary/aromatic N) is 6. The maximum Gasteiger partial charge on any atom is 0.452 e. The second kappa shape index (κ2) is 15.3. The molecule has 2 aliphatic rings. The van der Waals surface area contributed by atoms with Crippen molar-refractivity contribution < 1.29 is 36.8 Å². The maximum absolute atomic E-state index is 13.2. The molecule has 0 aromatic carbocycles. The van der Waals surface area contributed by atoms with Crippen LogP contribution in [-0.2, 0) is 39.7 Å². The molecular weight excluding hydrogens is 645 g/mol. The molecule has 16 heteroatoms. The summed E-state index contributed by atoms with van der Waals surface area (Å²) in [5.41, 5.74) is 2.87. The molecular formula is C30H35F3N6O5S2. The van der Waals surface area contributed by atoms with Gasteiger partial charge in [-0.05, 0) is 67.5 Å². The van der Waals surface area contributed by atoms with Crippen LogP contribution in [0.4, 0.5) is 13.2 Å². The van der Waals surface area contributed by atoms with Crippen LogP contribution < -0.4 is 4.74 Å². The van der Waals surface area contributed by atoms with Crippen LogP contribution in [0.15, 0.2) is 53.8 Å². The van der Waals surface area contributed by atoms with Gasteiger partial charge >= 0.3 is 12.1 Å². The van der Waals surface area contributed by atoms with Crippen LogP contribution >= 0.6 is 12.6 Å². The molecule has 1 fully saturated rings. The second-order valence-electron chi connectivity index (χ2n) is 10.6. The fourth-order valence-corrected chi connectivity index (χ4v) is 6.49. The van der Waals surface area contributed by atoms with Crippen LogP contribution in [0, 0.1) is 13.8 Å². The molecule has 1 spiro atoms. The number of thiol groups is 1. The quantitative estimate of drug-likeness (QED) is 0.284. The molecule has 1 unspecified atom stereocenters.